The lowest BCUT2D eigenvalue weighted by Crippen LogP contribution is -2.55. The van der Waals surface area contributed by atoms with E-state index in [1.807, 2.05) is 38.1 Å². The molecule has 2 aromatic carbocycles. The minimum absolute atomic E-state index is 0. The van der Waals surface area contributed by atoms with Gasteiger partial charge in [0, 0.05) is 28.7 Å². The van der Waals surface area contributed by atoms with Crippen molar-refractivity contribution in [3.05, 3.63) is 70.7 Å². The summed E-state index contributed by atoms with van der Waals surface area (Å²) in [5, 5.41) is 17.5. The quantitative estimate of drug-likeness (QED) is 0.495. The third-order valence-electron chi connectivity index (χ3n) is 4.55. The van der Waals surface area contributed by atoms with Crippen LogP contribution in [-0.4, -0.2) is 29.3 Å². The van der Waals surface area contributed by atoms with Crippen molar-refractivity contribution in [2.24, 2.45) is 0 Å². The van der Waals surface area contributed by atoms with Gasteiger partial charge in [0.25, 0.3) is 0 Å². The largest absolute Gasteiger partial charge is 0.394 e. The molecule has 2 aromatic rings. The monoisotopic (exact) mass is 446 g/mol. The van der Waals surface area contributed by atoms with Crippen LogP contribution in [0.4, 0.5) is 0 Å². The average molecular weight is 448 g/mol. The van der Waals surface area contributed by atoms with Gasteiger partial charge in [0.1, 0.15) is 0 Å². The fourth-order valence-corrected chi connectivity index (χ4v) is 3.07. The van der Waals surface area contributed by atoms with Gasteiger partial charge >= 0.3 is 0 Å². The van der Waals surface area contributed by atoms with Crippen molar-refractivity contribution in [1.29, 1.82) is 0 Å². The molecule has 0 aliphatic heterocycles. The molecule has 0 aromatic heterocycles. The summed E-state index contributed by atoms with van der Waals surface area (Å²) < 4.78 is 0. The number of rotatable bonds is 9. The van der Waals surface area contributed by atoms with Crippen LogP contribution in [0.15, 0.2) is 54.6 Å². The summed E-state index contributed by atoms with van der Waals surface area (Å²) in [6, 6.07) is 18.6. The zero-order valence-electron chi connectivity index (χ0n) is 17.0. The van der Waals surface area contributed by atoms with Gasteiger partial charge in [0.2, 0.25) is 0 Å². The van der Waals surface area contributed by atoms with Crippen LogP contribution in [0.25, 0.3) is 0 Å². The lowest BCUT2D eigenvalue weighted by atomic mass is 9.94. The molecule has 2 rings (SSSR count). The van der Waals surface area contributed by atoms with Crippen LogP contribution in [0, 0.1) is 0 Å². The van der Waals surface area contributed by atoms with Crippen molar-refractivity contribution in [1.82, 2.24) is 10.6 Å². The summed E-state index contributed by atoms with van der Waals surface area (Å²) in [4.78, 5) is 0. The summed E-state index contributed by atoms with van der Waals surface area (Å²) in [5.41, 5.74) is 1.91. The Morgan fingerprint density at radius 2 is 1.46 bits per heavy atom. The van der Waals surface area contributed by atoms with Crippen LogP contribution in [0.1, 0.15) is 44.9 Å². The Hall–Kier alpha value is -0.810. The van der Waals surface area contributed by atoms with Gasteiger partial charge < -0.3 is 15.7 Å². The molecule has 0 saturated heterocycles. The molecule has 3 N–H and O–H groups in total. The van der Waals surface area contributed by atoms with Crippen LogP contribution in [0.5, 0.6) is 0 Å². The highest BCUT2D eigenvalue weighted by Crippen LogP contribution is 2.25. The number of hydrogen-bond donors (Lipinski definition) is 3. The molecular weight excluding hydrogens is 415 g/mol. The van der Waals surface area contributed by atoms with Gasteiger partial charge in [0.15, 0.2) is 0 Å². The van der Waals surface area contributed by atoms with Crippen molar-refractivity contribution in [2.75, 3.05) is 13.2 Å². The smallest absolute Gasteiger partial charge is 0.0607 e. The maximum atomic E-state index is 9.48. The van der Waals surface area contributed by atoms with E-state index in [4.69, 9.17) is 11.6 Å². The maximum absolute atomic E-state index is 9.48. The molecule has 0 radical (unpaired) electrons. The van der Waals surface area contributed by atoms with Crippen LogP contribution < -0.4 is 10.6 Å². The molecule has 0 fully saturated rings. The standard InChI is InChI=1S/C22H31ClN2O.2ClH/c1-21(2,15-24-22(3,4)16-26)25-20(17-10-6-5-7-11-17)14-18-12-8-9-13-19(18)23;;/h5-13,20,24-26H,14-16H2,1-4H3;2*1H. The molecule has 0 heterocycles. The summed E-state index contributed by atoms with van der Waals surface area (Å²) in [6.45, 7) is 9.20. The second kappa shape index (κ2) is 12.0. The summed E-state index contributed by atoms with van der Waals surface area (Å²) in [5.74, 6) is 0. The van der Waals surface area contributed by atoms with Gasteiger partial charge in [-0.25, -0.2) is 0 Å². The highest BCUT2D eigenvalue weighted by atomic mass is 35.5. The van der Waals surface area contributed by atoms with E-state index in [-0.39, 0.29) is 48.5 Å². The first-order valence-corrected chi connectivity index (χ1v) is 9.52. The second-order valence-corrected chi connectivity index (χ2v) is 8.59. The zero-order valence-corrected chi connectivity index (χ0v) is 19.4. The summed E-state index contributed by atoms with van der Waals surface area (Å²) >= 11 is 6.40. The van der Waals surface area contributed by atoms with Crippen LogP contribution in [-0.2, 0) is 6.42 Å². The highest BCUT2D eigenvalue weighted by molar-refractivity contribution is 6.31. The SMILES string of the molecule is CC(C)(CO)NCC(C)(C)NC(Cc1ccccc1Cl)c1ccccc1.Cl.Cl. The number of halogens is 3. The number of aliphatic hydroxyl groups is 1. The molecule has 28 heavy (non-hydrogen) atoms. The summed E-state index contributed by atoms with van der Waals surface area (Å²) in [6.07, 6.45) is 0.816. The Labute approximate surface area is 187 Å². The van der Waals surface area contributed by atoms with Crippen LogP contribution in [0.2, 0.25) is 5.02 Å². The van der Waals surface area contributed by atoms with Gasteiger partial charge in [-0.2, -0.15) is 0 Å². The summed E-state index contributed by atoms with van der Waals surface area (Å²) in [7, 11) is 0. The number of nitrogens with one attached hydrogen (secondary N) is 2. The third-order valence-corrected chi connectivity index (χ3v) is 4.92. The molecule has 0 bridgehead atoms. The van der Waals surface area contributed by atoms with E-state index in [0.29, 0.717) is 0 Å². The fraction of sp³-hybridized carbons (Fsp3) is 0.455. The first kappa shape index (κ1) is 27.2. The lowest BCUT2D eigenvalue weighted by molar-refractivity contribution is 0.174. The molecule has 0 aliphatic carbocycles. The van der Waals surface area contributed by atoms with Gasteiger partial charge in [-0.05, 0) is 51.3 Å². The Kier molecular flexibility index (Phi) is 11.7. The van der Waals surface area contributed by atoms with E-state index >= 15 is 0 Å². The first-order chi connectivity index (χ1) is 12.2. The number of benzene rings is 2. The molecule has 1 unspecified atom stereocenters. The first-order valence-electron chi connectivity index (χ1n) is 9.14. The van der Waals surface area contributed by atoms with Gasteiger partial charge in [-0.3, -0.25) is 0 Å². The van der Waals surface area contributed by atoms with E-state index in [0.717, 1.165) is 23.6 Å². The van der Waals surface area contributed by atoms with Crippen molar-refractivity contribution in [3.63, 3.8) is 0 Å². The minimum Gasteiger partial charge on any atom is -0.394 e. The van der Waals surface area contributed by atoms with Crippen molar-refractivity contribution < 1.29 is 5.11 Å². The lowest BCUT2D eigenvalue weighted by Gasteiger charge is -2.36. The van der Waals surface area contributed by atoms with Crippen LogP contribution in [0.3, 0.4) is 0 Å². The predicted molar refractivity (Wildman–Crippen MR) is 125 cm³/mol. The minimum atomic E-state index is -0.302. The molecule has 0 spiro atoms. The third kappa shape index (κ3) is 8.69. The Morgan fingerprint density at radius 1 is 0.893 bits per heavy atom. The molecule has 1 atom stereocenters. The molecule has 3 nitrogen and oxygen atoms in total. The van der Waals surface area contributed by atoms with Crippen molar-refractivity contribution in [3.8, 4) is 0 Å². The number of aliphatic hydroxyl groups excluding tert-OH is 1. The van der Waals surface area contributed by atoms with E-state index in [2.05, 4.69) is 54.8 Å². The van der Waals surface area contributed by atoms with E-state index < -0.39 is 0 Å². The Balaban J connectivity index is 0.00000364. The van der Waals surface area contributed by atoms with Gasteiger partial charge in [-0.1, -0.05) is 60.1 Å². The van der Waals surface area contributed by atoms with Crippen molar-refractivity contribution >= 4 is 36.4 Å². The normalized spacial score (nSPS) is 12.6. The van der Waals surface area contributed by atoms with Gasteiger partial charge in [0.05, 0.1) is 6.61 Å². The maximum Gasteiger partial charge on any atom is 0.0607 e. The Bertz CT molecular complexity index is 693. The molecule has 0 aliphatic rings. The van der Waals surface area contributed by atoms with Gasteiger partial charge in [-0.15, -0.1) is 24.8 Å². The average Bonchev–Trinajstić information content (AvgIpc) is 2.62. The topological polar surface area (TPSA) is 44.3 Å². The Morgan fingerprint density at radius 3 is 2.04 bits per heavy atom. The molecule has 0 amide bonds. The molecule has 158 valence electrons. The predicted octanol–water partition coefficient (Wildman–Crippen LogP) is 5.20. The van der Waals surface area contributed by atoms with Crippen molar-refractivity contribution in [2.45, 2.75) is 51.2 Å². The van der Waals surface area contributed by atoms with E-state index in [9.17, 15) is 5.11 Å². The van der Waals surface area contributed by atoms with E-state index in [1.54, 1.807) is 0 Å². The highest BCUT2D eigenvalue weighted by Gasteiger charge is 2.26. The number of hydrogen-bond acceptors (Lipinski definition) is 3. The molecular formula is C22H33Cl3N2O. The zero-order chi connectivity index (χ0) is 19.2. The van der Waals surface area contributed by atoms with Crippen LogP contribution >= 0.6 is 36.4 Å². The molecule has 6 heteroatoms. The van der Waals surface area contributed by atoms with E-state index in [1.165, 1.54) is 5.56 Å². The second-order valence-electron chi connectivity index (χ2n) is 8.18. The molecule has 0 saturated carbocycles. The fourth-order valence-electron chi connectivity index (χ4n) is 2.86.